The SMILES string of the molecule is CC[C@H](C)NC(=O)[C@@H](C)N(Cc1ccc(OC)cc1)C(=O)CN(c1ccc(Cl)cc1)S(=O)(=O)c1ccc(OC)c(OC)c1. The number of carbonyl (C=O) groups excluding carboxylic acids is 2. The van der Waals surface area contributed by atoms with E-state index in [1.165, 1.54) is 61.6 Å². The number of sulfonamides is 1. The number of halogens is 1. The van der Waals surface area contributed by atoms with Gasteiger partial charge in [0.05, 0.1) is 31.9 Å². The van der Waals surface area contributed by atoms with Gasteiger partial charge < -0.3 is 24.4 Å². The van der Waals surface area contributed by atoms with Crippen LogP contribution in [0, 0.1) is 0 Å². The summed E-state index contributed by atoms with van der Waals surface area (Å²) in [5, 5.41) is 3.31. The van der Waals surface area contributed by atoms with E-state index in [-0.39, 0.29) is 34.8 Å². The lowest BCUT2D eigenvalue weighted by atomic mass is 10.1. The van der Waals surface area contributed by atoms with Gasteiger partial charge in [0.15, 0.2) is 11.5 Å². The predicted molar refractivity (Wildman–Crippen MR) is 166 cm³/mol. The number of rotatable bonds is 14. The Hall–Kier alpha value is -3.96. The second kappa shape index (κ2) is 15.0. The first-order valence-corrected chi connectivity index (χ1v) is 15.5. The van der Waals surface area contributed by atoms with E-state index in [0.717, 1.165) is 9.87 Å². The van der Waals surface area contributed by atoms with E-state index in [1.54, 1.807) is 38.3 Å². The lowest BCUT2D eigenvalue weighted by Crippen LogP contribution is -2.52. The van der Waals surface area contributed by atoms with Crippen LogP contribution >= 0.6 is 11.6 Å². The molecule has 0 saturated carbocycles. The fraction of sp³-hybridized carbons (Fsp3) is 0.355. The highest BCUT2D eigenvalue weighted by molar-refractivity contribution is 7.92. The topological polar surface area (TPSA) is 114 Å². The molecule has 0 aromatic heterocycles. The maximum Gasteiger partial charge on any atom is 0.264 e. The van der Waals surface area contributed by atoms with Gasteiger partial charge in [-0.1, -0.05) is 30.7 Å². The van der Waals surface area contributed by atoms with Crippen molar-refractivity contribution in [3.63, 3.8) is 0 Å². The fourth-order valence-electron chi connectivity index (χ4n) is 4.22. The molecule has 1 N–H and O–H groups in total. The lowest BCUT2D eigenvalue weighted by Gasteiger charge is -2.32. The second-order valence-corrected chi connectivity index (χ2v) is 12.2. The summed E-state index contributed by atoms with van der Waals surface area (Å²) in [6.07, 6.45) is 0.707. The number of carbonyl (C=O) groups is 2. The van der Waals surface area contributed by atoms with Gasteiger partial charge in [0.25, 0.3) is 10.0 Å². The van der Waals surface area contributed by atoms with E-state index >= 15 is 0 Å². The first kappa shape index (κ1) is 33.5. The molecule has 0 spiro atoms. The van der Waals surface area contributed by atoms with Crippen LogP contribution in [-0.2, 0) is 26.2 Å². The molecule has 3 aromatic carbocycles. The Morgan fingerprint density at radius 1 is 0.884 bits per heavy atom. The van der Waals surface area contributed by atoms with Gasteiger partial charge in [0.2, 0.25) is 11.8 Å². The van der Waals surface area contributed by atoms with Crippen LogP contribution in [0.3, 0.4) is 0 Å². The van der Waals surface area contributed by atoms with Crippen LogP contribution in [0.4, 0.5) is 5.69 Å². The van der Waals surface area contributed by atoms with Crippen molar-refractivity contribution in [1.29, 1.82) is 0 Å². The van der Waals surface area contributed by atoms with Crippen molar-refractivity contribution in [2.75, 3.05) is 32.2 Å². The molecule has 0 bridgehead atoms. The maximum atomic E-state index is 14.1. The molecule has 2 amide bonds. The Bertz CT molecular complexity index is 1500. The van der Waals surface area contributed by atoms with Crippen LogP contribution in [0.15, 0.2) is 71.6 Å². The summed E-state index contributed by atoms with van der Waals surface area (Å²) >= 11 is 6.09. The number of benzene rings is 3. The lowest BCUT2D eigenvalue weighted by molar-refractivity contribution is -0.139. The monoisotopic (exact) mass is 631 g/mol. The third-order valence-electron chi connectivity index (χ3n) is 7.02. The average Bonchev–Trinajstić information content (AvgIpc) is 3.02. The zero-order valence-corrected chi connectivity index (χ0v) is 26.7. The first-order valence-electron chi connectivity index (χ1n) is 13.7. The van der Waals surface area contributed by atoms with Crippen molar-refractivity contribution < 1.29 is 32.2 Å². The summed E-state index contributed by atoms with van der Waals surface area (Å²) in [5.41, 5.74) is 0.951. The van der Waals surface area contributed by atoms with E-state index in [9.17, 15) is 18.0 Å². The number of nitrogens with one attached hydrogen (secondary N) is 1. The summed E-state index contributed by atoms with van der Waals surface area (Å²) < 4.78 is 45.0. The van der Waals surface area contributed by atoms with Gasteiger partial charge in [-0.15, -0.1) is 0 Å². The molecule has 0 aliphatic rings. The summed E-state index contributed by atoms with van der Waals surface area (Å²) in [7, 11) is 0.0837. The highest BCUT2D eigenvalue weighted by Gasteiger charge is 2.33. The number of methoxy groups -OCH3 is 3. The van der Waals surface area contributed by atoms with Crippen LogP contribution in [0.1, 0.15) is 32.8 Å². The fourth-order valence-corrected chi connectivity index (χ4v) is 5.77. The van der Waals surface area contributed by atoms with Crippen LogP contribution in [0.25, 0.3) is 0 Å². The Labute approximate surface area is 258 Å². The van der Waals surface area contributed by atoms with Crippen LogP contribution < -0.4 is 23.8 Å². The second-order valence-electron chi connectivity index (χ2n) is 9.87. The Balaban J connectivity index is 2.06. The standard InChI is InChI=1S/C31H38ClN3O7S/c1-7-21(2)33-31(37)22(3)34(19-23-8-14-26(40-4)15-9-23)30(36)20-35(25-12-10-24(32)11-13-25)43(38,39)27-16-17-28(41-5)29(18-27)42-6/h8-18,21-22H,7,19-20H2,1-6H3,(H,33,37)/t21-,22+/m0/s1. The first-order chi connectivity index (χ1) is 20.4. The average molecular weight is 632 g/mol. The van der Waals surface area contributed by atoms with Crippen LogP contribution in [-0.4, -0.2) is 65.1 Å². The van der Waals surface area contributed by atoms with Gasteiger partial charge in [-0.2, -0.15) is 0 Å². The molecule has 10 nitrogen and oxygen atoms in total. The number of nitrogens with zero attached hydrogens (tertiary/aromatic N) is 2. The number of hydrogen-bond acceptors (Lipinski definition) is 7. The molecule has 43 heavy (non-hydrogen) atoms. The highest BCUT2D eigenvalue weighted by atomic mass is 35.5. The quantitative estimate of drug-likeness (QED) is 0.269. The Kier molecular flexibility index (Phi) is 11.7. The van der Waals surface area contributed by atoms with Crippen molar-refractivity contribution in [1.82, 2.24) is 10.2 Å². The molecule has 0 fully saturated rings. The normalized spacial score (nSPS) is 12.5. The van der Waals surface area contributed by atoms with Gasteiger partial charge in [-0.05, 0) is 74.4 Å². The molecule has 232 valence electrons. The number of ether oxygens (including phenoxy) is 3. The third kappa shape index (κ3) is 8.32. The van der Waals surface area contributed by atoms with Gasteiger partial charge in [0.1, 0.15) is 18.3 Å². The van der Waals surface area contributed by atoms with Crippen LogP contribution in [0.2, 0.25) is 5.02 Å². The molecule has 3 rings (SSSR count). The van der Waals surface area contributed by atoms with Crippen LogP contribution in [0.5, 0.6) is 17.2 Å². The van der Waals surface area contributed by atoms with Crippen molar-refractivity contribution >= 4 is 39.1 Å². The molecule has 12 heteroatoms. The van der Waals surface area contributed by atoms with Gasteiger partial charge >= 0.3 is 0 Å². The largest absolute Gasteiger partial charge is 0.497 e. The molecular weight excluding hydrogens is 594 g/mol. The number of hydrogen-bond donors (Lipinski definition) is 1. The molecule has 0 aliphatic heterocycles. The van der Waals surface area contributed by atoms with Crippen molar-refractivity contribution in [3.8, 4) is 17.2 Å². The van der Waals surface area contributed by atoms with E-state index in [0.29, 0.717) is 22.9 Å². The summed E-state index contributed by atoms with van der Waals surface area (Å²) in [6, 6.07) is 16.4. The van der Waals surface area contributed by atoms with Crippen molar-refractivity contribution in [2.24, 2.45) is 0 Å². The molecular formula is C31H38ClN3O7S. The van der Waals surface area contributed by atoms with E-state index in [4.69, 9.17) is 25.8 Å². The zero-order chi connectivity index (χ0) is 31.7. The Morgan fingerprint density at radius 3 is 2.07 bits per heavy atom. The predicted octanol–water partition coefficient (Wildman–Crippen LogP) is 4.89. The summed E-state index contributed by atoms with van der Waals surface area (Å²) in [6.45, 7) is 4.91. The minimum atomic E-state index is -4.31. The summed E-state index contributed by atoms with van der Waals surface area (Å²) in [5.74, 6) is 0.266. The molecule has 0 saturated heterocycles. The van der Waals surface area contributed by atoms with Gasteiger partial charge in [-0.3, -0.25) is 13.9 Å². The number of anilines is 1. The molecule has 0 radical (unpaired) electrons. The van der Waals surface area contributed by atoms with E-state index in [2.05, 4.69) is 5.32 Å². The van der Waals surface area contributed by atoms with Crippen molar-refractivity contribution in [3.05, 3.63) is 77.3 Å². The minimum absolute atomic E-state index is 0.0583. The molecule has 3 aromatic rings. The van der Waals surface area contributed by atoms with Gasteiger partial charge in [0, 0.05) is 23.7 Å². The number of amides is 2. The summed E-state index contributed by atoms with van der Waals surface area (Å²) in [4.78, 5) is 28.5. The van der Waals surface area contributed by atoms with Crippen molar-refractivity contribution in [2.45, 2.75) is 50.7 Å². The van der Waals surface area contributed by atoms with E-state index in [1.807, 2.05) is 13.8 Å². The Morgan fingerprint density at radius 2 is 1.51 bits per heavy atom. The minimum Gasteiger partial charge on any atom is -0.497 e. The third-order valence-corrected chi connectivity index (χ3v) is 9.04. The maximum absolute atomic E-state index is 14.1. The van der Waals surface area contributed by atoms with E-state index < -0.39 is 28.5 Å². The zero-order valence-electron chi connectivity index (χ0n) is 25.2. The highest BCUT2D eigenvalue weighted by Crippen LogP contribution is 2.32. The molecule has 0 heterocycles. The molecule has 0 unspecified atom stereocenters. The molecule has 2 atom stereocenters. The smallest absolute Gasteiger partial charge is 0.264 e. The molecule has 0 aliphatic carbocycles. The van der Waals surface area contributed by atoms with Gasteiger partial charge in [-0.25, -0.2) is 8.42 Å².